The molecule has 1 amide bonds. The van der Waals surface area contributed by atoms with Gasteiger partial charge in [-0.3, -0.25) is 10.1 Å². The number of anilines is 1. The fourth-order valence-corrected chi connectivity index (χ4v) is 2.89. The van der Waals surface area contributed by atoms with Crippen LogP contribution in [0.25, 0.3) is 0 Å². The van der Waals surface area contributed by atoms with E-state index in [9.17, 15) is 20.0 Å². The number of nitro groups is 1. The predicted molar refractivity (Wildman–Crippen MR) is 90.5 cm³/mol. The van der Waals surface area contributed by atoms with Crippen LogP contribution in [0.15, 0.2) is 6.20 Å². The molecule has 25 heavy (non-hydrogen) atoms. The summed E-state index contributed by atoms with van der Waals surface area (Å²) in [5.74, 6) is 0.349. The SMILES string of the molecule is Cn1ncc([N+](=O)[O-])c1N1CC[C@@H](NC(=O)OC(C)(C)C)C[C@H](O)C1. The monoisotopic (exact) mass is 355 g/mol. The Bertz CT molecular complexity index is 639. The van der Waals surface area contributed by atoms with Crippen LogP contribution in [0.3, 0.4) is 0 Å². The lowest BCUT2D eigenvalue weighted by Crippen LogP contribution is -2.40. The van der Waals surface area contributed by atoms with E-state index in [-0.39, 0.29) is 18.3 Å². The number of carbonyl (C=O) groups is 1. The Balaban J connectivity index is 2.07. The van der Waals surface area contributed by atoms with E-state index in [4.69, 9.17) is 4.74 Å². The summed E-state index contributed by atoms with van der Waals surface area (Å²) in [7, 11) is 1.62. The molecule has 0 radical (unpaired) electrons. The molecule has 0 unspecified atom stereocenters. The Labute approximate surface area is 145 Å². The first-order chi connectivity index (χ1) is 11.6. The fraction of sp³-hybridized carbons (Fsp3) is 0.733. The van der Waals surface area contributed by atoms with Crippen LogP contribution in [0.5, 0.6) is 0 Å². The summed E-state index contributed by atoms with van der Waals surface area (Å²) in [5, 5.41) is 28.1. The molecule has 1 saturated heterocycles. The second-order valence-electron chi connectivity index (χ2n) is 7.20. The standard InChI is InChI=1S/C15H25N5O5/c1-15(2,3)25-14(22)17-10-5-6-19(9-11(21)7-10)13-12(20(23)24)8-16-18(13)4/h8,10-11,21H,5-7,9H2,1-4H3,(H,17,22)/t10-,11+/m1/s1. The van der Waals surface area contributed by atoms with Gasteiger partial charge in [0.05, 0.1) is 11.0 Å². The molecule has 1 aliphatic rings. The molecule has 1 aromatic rings. The summed E-state index contributed by atoms with van der Waals surface area (Å²) in [6.07, 6.45) is 0.796. The molecule has 0 saturated carbocycles. The maximum Gasteiger partial charge on any atom is 0.407 e. The lowest BCUT2D eigenvalue weighted by Gasteiger charge is -2.23. The van der Waals surface area contributed by atoms with Crippen molar-refractivity contribution >= 4 is 17.6 Å². The number of aliphatic hydroxyl groups is 1. The van der Waals surface area contributed by atoms with Crippen molar-refractivity contribution in [2.24, 2.45) is 7.05 Å². The van der Waals surface area contributed by atoms with Crippen molar-refractivity contribution in [3.63, 3.8) is 0 Å². The number of nitrogens with one attached hydrogen (secondary N) is 1. The summed E-state index contributed by atoms with van der Waals surface area (Å²) >= 11 is 0. The van der Waals surface area contributed by atoms with Gasteiger partial charge >= 0.3 is 11.8 Å². The Hall–Kier alpha value is -2.36. The summed E-state index contributed by atoms with van der Waals surface area (Å²) in [4.78, 5) is 24.3. The number of aryl methyl sites for hydroxylation is 1. The van der Waals surface area contributed by atoms with Crippen LogP contribution in [0, 0.1) is 10.1 Å². The normalized spacial score (nSPS) is 21.6. The molecule has 0 aliphatic carbocycles. The number of rotatable bonds is 3. The van der Waals surface area contributed by atoms with Crippen LogP contribution in [0.4, 0.5) is 16.3 Å². The number of aromatic nitrogens is 2. The van der Waals surface area contributed by atoms with E-state index in [1.165, 1.54) is 10.9 Å². The minimum Gasteiger partial charge on any atom is -0.444 e. The van der Waals surface area contributed by atoms with E-state index in [1.54, 1.807) is 32.7 Å². The highest BCUT2D eigenvalue weighted by molar-refractivity contribution is 5.68. The number of hydrogen-bond acceptors (Lipinski definition) is 7. The van der Waals surface area contributed by atoms with Crippen molar-refractivity contribution in [1.29, 1.82) is 0 Å². The zero-order chi connectivity index (χ0) is 18.8. The van der Waals surface area contributed by atoms with Crippen molar-refractivity contribution in [3.05, 3.63) is 16.3 Å². The minimum atomic E-state index is -0.739. The zero-order valence-electron chi connectivity index (χ0n) is 14.9. The number of ether oxygens (including phenoxy) is 1. The second kappa shape index (κ2) is 7.26. The average molecular weight is 355 g/mol. The number of carbonyl (C=O) groups excluding carboxylic acids is 1. The van der Waals surface area contributed by atoms with E-state index < -0.39 is 22.7 Å². The quantitative estimate of drug-likeness (QED) is 0.616. The summed E-state index contributed by atoms with van der Waals surface area (Å²) in [6.45, 7) is 6.00. The van der Waals surface area contributed by atoms with Gasteiger partial charge in [-0.1, -0.05) is 0 Å². The van der Waals surface area contributed by atoms with Crippen LogP contribution in [0.2, 0.25) is 0 Å². The zero-order valence-corrected chi connectivity index (χ0v) is 14.9. The first kappa shape index (κ1) is 19.0. The lowest BCUT2D eigenvalue weighted by atomic mass is 10.1. The van der Waals surface area contributed by atoms with Crippen molar-refractivity contribution in [1.82, 2.24) is 15.1 Å². The molecule has 1 fully saturated rings. The van der Waals surface area contributed by atoms with Crippen LogP contribution < -0.4 is 10.2 Å². The first-order valence-electron chi connectivity index (χ1n) is 8.15. The van der Waals surface area contributed by atoms with Gasteiger partial charge in [-0.2, -0.15) is 5.10 Å². The number of amides is 1. The molecular formula is C15H25N5O5. The van der Waals surface area contributed by atoms with Crippen LogP contribution in [-0.2, 0) is 11.8 Å². The van der Waals surface area contributed by atoms with Crippen molar-refractivity contribution in [2.45, 2.75) is 51.4 Å². The van der Waals surface area contributed by atoms with Gasteiger partial charge < -0.3 is 20.1 Å². The maximum absolute atomic E-state index is 11.9. The van der Waals surface area contributed by atoms with Crippen molar-refractivity contribution in [2.75, 3.05) is 18.0 Å². The highest BCUT2D eigenvalue weighted by atomic mass is 16.6. The van der Waals surface area contributed by atoms with Gasteiger partial charge in [0.2, 0.25) is 5.82 Å². The molecule has 2 N–H and O–H groups in total. The first-order valence-corrected chi connectivity index (χ1v) is 8.15. The Morgan fingerprint density at radius 1 is 1.52 bits per heavy atom. The van der Waals surface area contributed by atoms with E-state index in [0.717, 1.165) is 0 Å². The number of alkyl carbamates (subject to hydrolysis) is 1. The van der Waals surface area contributed by atoms with E-state index in [1.807, 2.05) is 0 Å². The average Bonchev–Trinajstić information content (AvgIpc) is 2.73. The van der Waals surface area contributed by atoms with Crippen LogP contribution in [0.1, 0.15) is 33.6 Å². The van der Waals surface area contributed by atoms with Gasteiger partial charge in [0.25, 0.3) is 0 Å². The van der Waals surface area contributed by atoms with Gasteiger partial charge in [-0.25, -0.2) is 9.48 Å². The fourth-order valence-electron chi connectivity index (χ4n) is 2.89. The van der Waals surface area contributed by atoms with E-state index in [2.05, 4.69) is 10.4 Å². The molecule has 1 aliphatic heterocycles. The Morgan fingerprint density at radius 2 is 2.20 bits per heavy atom. The molecule has 2 atom stereocenters. The maximum atomic E-state index is 11.9. The Morgan fingerprint density at radius 3 is 2.80 bits per heavy atom. The topological polar surface area (TPSA) is 123 Å². The molecular weight excluding hydrogens is 330 g/mol. The lowest BCUT2D eigenvalue weighted by molar-refractivity contribution is -0.384. The molecule has 10 heteroatoms. The third-order valence-electron chi connectivity index (χ3n) is 3.84. The molecule has 0 aromatic carbocycles. The number of β-amino-alcohol motifs (C(OH)–C–C–N with tert-alkyl or cyclic N) is 1. The van der Waals surface area contributed by atoms with Crippen molar-refractivity contribution < 1.29 is 19.6 Å². The third kappa shape index (κ3) is 5.05. The molecule has 1 aromatic heterocycles. The highest BCUT2D eigenvalue weighted by Crippen LogP contribution is 2.29. The van der Waals surface area contributed by atoms with Gasteiger partial charge in [-0.15, -0.1) is 0 Å². The minimum absolute atomic E-state index is 0.103. The molecule has 2 rings (SSSR count). The second-order valence-corrected chi connectivity index (χ2v) is 7.20. The largest absolute Gasteiger partial charge is 0.444 e. The highest BCUT2D eigenvalue weighted by Gasteiger charge is 2.31. The number of aliphatic hydroxyl groups excluding tert-OH is 1. The van der Waals surface area contributed by atoms with Crippen molar-refractivity contribution in [3.8, 4) is 0 Å². The summed E-state index contributed by atoms with van der Waals surface area (Å²) in [5.41, 5.74) is -0.706. The molecule has 0 bridgehead atoms. The molecule has 2 heterocycles. The summed E-state index contributed by atoms with van der Waals surface area (Å²) < 4.78 is 6.66. The van der Waals surface area contributed by atoms with E-state index >= 15 is 0 Å². The van der Waals surface area contributed by atoms with Gasteiger partial charge in [-0.05, 0) is 33.6 Å². The number of hydrogen-bond donors (Lipinski definition) is 2. The molecule has 0 spiro atoms. The number of nitrogens with zero attached hydrogens (tertiary/aromatic N) is 4. The van der Waals surface area contributed by atoms with Crippen LogP contribution in [-0.4, -0.2) is 56.7 Å². The van der Waals surface area contributed by atoms with Gasteiger partial charge in [0.1, 0.15) is 11.8 Å². The third-order valence-corrected chi connectivity index (χ3v) is 3.84. The Kier molecular flexibility index (Phi) is 5.51. The van der Waals surface area contributed by atoms with Gasteiger partial charge in [0, 0.05) is 26.2 Å². The van der Waals surface area contributed by atoms with Crippen LogP contribution >= 0.6 is 0 Å². The van der Waals surface area contributed by atoms with Gasteiger partial charge in [0.15, 0.2) is 0 Å². The summed E-state index contributed by atoms with van der Waals surface area (Å²) in [6, 6.07) is -0.276. The van der Waals surface area contributed by atoms with E-state index in [0.29, 0.717) is 25.2 Å². The molecule has 10 nitrogen and oxygen atoms in total. The smallest absolute Gasteiger partial charge is 0.407 e. The molecule has 140 valence electrons. The predicted octanol–water partition coefficient (Wildman–Crippen LogP) is 1.18.